The summed E-state index contributed by atoms with van der Waals surface area (Å²) in [5.41, 5.74) is -0.581. The first-order chi connectivity index (χ1) is 6.22. The van der Waals surface area contributed by atoms with E-state index in [0.29, 0.717) is 6.54 Å². The molecule has 0 aliphatic carbocycles. The molecule has 1 heterocycles. The zero-order chi connectivity index (χ0) is 11.0. The number of amides is 1. The van der Waals surface area contributed by atoms with Crippen LogP contribution in [0.2, 0.25) is 0 Å². The molecule has 0 saturated carbocycles. The van der Waals surface area contributed by atoms with E-state index in [9.17, 15) is 4.79 Å². The zero-order valence-electron chi connectivity index (χ0n) is 9.59. The minimum atomic E-state index is -0.434. The van der Waals surface area contributed by atoms with Crippen LogP contribution in [0.25, 0.3) is 0 Å². The van der Waals surface area contributed by atoms with Gasteiger partial charge >= 0.3 is 6.09 Å². The highest BCUT2D eigenvalue weighted by molar-refractivity contribution is 5.67. The maximum atomic E-state index is 11.5. The smallest absolute Gasteiger partial charge is 0.410 e. The molecule has 4 nitrogen and oxygen atoms in total. The number of ether oxygens (including phenoxy) is 2. The molecule has 1 amide bonds. The van der Waals surface area contributed by atoms with Crippen LogP contribution < -0.4 is 0 Å². The summed E-state index contributed by atoms with van der Waals surface area (Å²) in [5.74, 6) is 0. The fourth-order valence-corrected chi connectivity index (χ4v) is 1.12. The number of hydrogen-bond donors (Lipinski definition) is 0. The zero-order valence-corrected chi connectivity index (χ0v) is 9.59. The molecule has 0 radical (unpaired) electrons. The molecule has 0 aromatic heterocycles. The van der Waals surface area contributed by atoms with Gasteiger partial charge < -0.3 is 14.4 Å². The second-order valence-electron chi connectivity index (χ2n) is 5.07. The summed E-state index contributed by atoms with van der Waals surface area (Å²) in [6, 6.07) is 0. The van der Waals surface area contributed by atoms with Crippen LogP contribution in [0.5, 0.6) is 0 Å². The van der Waals surface area contributed by atoms with Gasteiger partial charge in [0.25, 0.3) is 0 Å². The van der Waals surface area contributed by atoms with Gasteiger partial charge in [-0.05, 0) is 27.7 Å². The average molecular weight is 201 g/mol. The SMILES string of the molecule is CN(C[C@]1(C)CO1)C(=O)OC(C)(C)C. The molecule has 4 heteroatoms. The fourth-order valence-electron chi connectivity index (χ4n) is 1.12. The molecule has 1 atom stereocenters. The van der Waals surface area contributed by atoms with Gasteiger partial charge in [-0.2, -0.15) is 0 Å². The van der Waals surface area contributed by atoms with Crippen LogP contribution >= 0.6 is 0 Å². The number of carbonyl (C=O) groups excluding carboxylic acids is 1. The molecule has 1 aliphatic rings. The Balaban J connectivity index is 2.37. The molecule has 1 aliphatic heterocycles. The lowest BCUT2D eigenvalue weighted by Gasteiger charge is -2.25. The summed E-state index contributed by atoms with van der Waals surface area (Å²) in [7, 11) is 1.72. The Morgan fingerprint density at radius 3 is 2.43 bits per heavy atom. The van der Waals surface area contributed by atoms with Crippen molar-refractivity contribution in [3.8, 4) is 0 Å². The van der Waals surface area contributed by atoms with E-state index < -0.39 is 5.60 Å². The molecule has 0 aromatic rings. The summed E-state index contributed by atoms with van der Waals surface area (Å²) in [6.45, 7) is 8.85. The number of carbonyl (C=O) groups is 1. The third-order valence-corrected chi connectivity index (χ3v) is 1.91. The molecular weight excluding hydrogens is 182 g/mol. The molecular formula is C10H19NO3. The van der Waals surface area contributed by atoms with Crippen molar-refractivity contribution in [3.05, 3.63) is 0 Å². The maximum absolute atomic E-state index is 11.5. The first-order valence-corrected chi connectivity index (χ1v) is 4.80. The van der Waals surface area contributed by atoms with E-state index in [2.05, 4.69) is 0 Å². The van der Waals surface area contributed by atoms with Crippen molar-refractivity contribution in [2.24, 2.45) is 0 Å². The Kier molecular flexibility index (Phi) is 2.76. The Labute approximate surface area is 85.2 Å². The van der Waals surface area contributed by atoms with Gasteiger partial charge in [-0.25, -0.2) is 4.79 Å². The van der Waals surface area contributed by atoms with Gasteiger partial charge in [0, 0.05) is 7.05 Å². The molecule has 1 fully saturated rings. The Hall–Kier alpha value is -0.770. The van der Waals surface area contributed by atoms with Crippen LogP contribution in [0.4, 0.5) is 4.79 Å². The molecule has 0 N–H and O–H groups in total. The van der Waals surface area contributed by atoms with Crippen LogP contribution in [0.15, 0.2) is 0 Å². The minimum absolute atomic E-state index is 0.147. The van der Waals surface area contributed by atoms with Crippen LogP contribution in [-0.2, 0) is 9.47 Å². The van der Waals surface area contributed by atoms with Crippen LogP contribution in [0, 0.1) is 0 Å². The molecule has 14 heavy (non-hydrogen) atoms. The van der Waals surface area contributed by atoms with Crippen molar-refractivity contribution in [3.63, 3.8) is 0 Å². The number of nitrogens with zero attached hydrogens (tertiary/aromatic N) is 1. The summed E-state index contributed by atoms with van der Waals surface area (Å²) in [6.07, 6.45) is -0.297. The molecule has 1 rings (SSSR count). The first-order valence-electron chi connectivity index (χ1n) is 4.80. The summed E-state index contributed by atoms with van der Waals surface area (Å²) in [4.78, 5) is 13.1. The third-order valence-electron chi connectivity index (χ3n) is 1.91. The fraction of sp³-hybridized carbons (Fsp3) is 0.900. The van der Waals surface area contributed by atoms with Gasteiger partial charge in [-0.3, -0.25) is 0 Å². The van der Waals surface area contributed by atoms with E-state index in [-0.39, 0.29) is 11.7 Å². The Bertz CT molecular complexity index is 228. The Morgan fingerprint density at radius 1 is 1.57 bits per heavy atom. The van der Waals surface area contributed by atoms with Gasteiger partial charge in [0.2, 0.25) is 0 Å². The molecule has 0 aromatic carbocycles. The lowest BCUT2D eigenvalue weighted by molar-refractivity contribution is 0.0262. The summed E-state index contributed by atoms with van der Waals surface area (Å²) >= 11 is 0. The summed E-state index contributed by atoms with van der Waals surface area (Å²) < 4.78 is 10.4. The topological polar surface area (TPSA) is 42.1 Å². The van der Waals surface area contributed by atoms with E-state index in [1.165, 1.54) is 0 Å². The predicted octanol–water partition coefficient (Wildman–Crippen LogP) is 1.64. The predicted molar refractivity (Wildman–Crippen MR) is 53.2 cm³/mol. The van der Waals surface area contributed by atoms with Crippen LogP contribution in [0.3, 0.4) is 0 Å². The molecule has 0 unspecified atom stereocenters. The molecule has 0 spiro atoms. The van der Waals surface area contributed by atoms with Gasteiger partial charge in [-0.15, -0.1) is 0 Å². The lowest BCUT2D eigenvalue weighted by Crippen LogP contribution is -2.38. The normalized spacial score (nSPS) is 25.8. The highest BCUT2D eigenvalue weighted by Gasteiger charge is 2.41. The largest absolute Gasteiger partial charge is 0.444 e. The monoisotopic (exact) mass is 201 g/mol. The van der Waals surface area contributed by atoms with Crippen molar-refractivity contribution in [2.45, 2.75) is 38.9 Å². The number of likely N-dealkylation sites (N-methyl/N-ethyl adjacent to an activating group) is 1. The second kappa shape index (κ2) is 3.42. The maximum Gasteiger partial charge on any atom is 0.410 e. The average Bonchev–Trinajstić information content (AvgIpc) is 2.63. The number of rotatable bonds is 2. The number of hydrogen-bond acceptors (Lipinski definition) is 3. The lowest BCUT2D eigenvalue weighted by atomic mass is 10.2. The number of epoxide rings is 1. The van der Waals surface area contributed by atoms with Crippen LogP contribution in [0.1, 0.15) is 27.7 Å². The van der Waals surface area contributed by atoms with Crippen molar-refractivity contribution < 1.29 is 14.3 Å². The summed E-state index contributed by atoms with van der Waals surface area (Å²) in [5, 5.41) is 0. The standard InChI is InChI=1S/C10H19NO3/c1-9(2,3)14-8(12)11(5)6-10(4)7-13-10/h6-7H2,1-5H3/t10-/m1/s1. The van der Waals surface area contributed by atoms with E-state index >= 15 is 0 Å². The second-order valence-corrected chi connectivity index (χ2v) is 5.07. The van der Waals surface area contributed by atoms with E-state index in [4.69, 9.17) is 9.47 Å². The molecule has 0 bridgehead atoms. The van der Waals surface area contributed by atoms with Gasteiger partial charge in [-0.1, -0.05) is 0 Å². The van der Waals surface area contributed by atoms with Gasteiger partial charge in [0.05, 0.1) is 13.2 Å². The first kappa shape index (κ1) is 11.3. The minimum Gasteiger partial charge on any atom is -0.444 e. The van der Waals surface area contributed by atoms with E-state index in [1.807, 2.05) is 27.7 Å². The molecule has 82 valence electrons. The quantitative estimate of drug-likeness (QED) is 0.638. The molecule has 1 saturated heterocycles. The highest BCUT2D eigenvalue weighted by atomic mass is 16.6. The highest BCUT2D eigenvalue weighted by Crippen LogP contribution is 2.26. The van der Waals surface area contributed by atoms with Crippen molar-refractivity contribution in [1.29, 1.82) is 0 Å². The van der Waals surface area contributed by atoms with Crippen molar-refractivity contribution in [1.82, 2.24) is 4.90 Å². The van der Waals surface area contributed by atoms with Crippen molar-refractivity contribution in [2.75, 3.05) is 20.2 Å². The Morgan fingerprint density at radius 2 is 2.07 bits per heavy atom. The van der Waals surface area contributed by atoms with E-state index in [1.54, 1.807) is 11.9 Å². The van der Waals surface area contributed by atoms with Gasteiger partial charge in [0.15, 0.2) is 0 Å². The van der Waals surface area contributed by atoms with E-state index in [0.717, 1.165) is 6.61 Å². The van der Waals surface area contributed by atoms with Crippen LogP contribution in [-0.4, -0.2) is 42.4 Å². The third kappa shape index (κ3) is 3.54. The van der Waals surface area contributed by atoms with Gasteiger partial charge in [0.1, 0.15) is 11.2 Å². The van der Waals surface area contributed by atoms with Crippen molar-refractivity contribution >= 4 is 6.09 Å².